The molecule has 5 rings (SSSR count). The summed E-state index contributed by atoms with van der Waals surface area (Å²) in [4.78, 5) is 14.8. The van der Waals surface area contributed by atoms with Gasteiger partial charge in [-0.25, -0.2) is 0 Å². The zero-order valence-electron chi connectivity index (χ0n) is 17.7. The van der Waals surface area contributed by atoms with Gasteiger partial charge >= 0.3 is 0 Å². The highest BCUT2D eigenvalue weighted by molar-refractivity contribution is 7.99. The van der Waals surface area contributed by atoms with Crippen molar-refractivity contribution in [2.75, 3.05) is 11.1 Å². The lowest BCUT2D eigenvalue weighted by Gasteiger charge is -2.17. The molecule has 0 unspecified atom stereocenters. The number of thiazole rings is 1. The number of anilines is 1. The molecule has 1 atom stereocenters. The van der Waals surface area contributed by atoms with E-state index in [1.54, 1.807) is 11.3 Å². The molecule has 0 fully saturated rings. The molecule has 9 heteroatoms. The van der Waals surface area contributed by atoms with Crippen LogP contribution in [0.5, 0.6) is 0 Å². The summed E-state index contributed by atoms with van der Waals surface area (Å²) >= 11 is 4.44. The SMILES string of the molecule is Cc1ccc(-c2csc3nnc(SCC(=O)Nc4sc5c(c4C#N)CC[C@@H](C)C5)n23)cc1. The molecule has 1 aromatic carbocycles. The maximum Gasteiger partial charge on any atom is 0.235 e. The van der Waals surface area contributed by atoms with Gasteiger partial charge in [0.2, 0.25) is 10.9 Å². The van der Waals surface area contributed by atoms with Crippen molar-refractivity contribution in [1.29, 1.82) is 5.26 Å². The summed E-state index contributed by atoms with van der Waals surface area (Å²) in [5.41, 5.74) is 5.07. The van der Waals surface area contributed by atoms with Crippen molar-refractivity contribution in [3.05, 3.63) is 51.2 Å². The number of amides is 1. The average molecular weight is 480 g/mol. The van der Waals surface area contributed by atoms with Gasteiger partial charge in [-0.05, 0) is 43.2 Å². The van der Waals surface area contributed by atoms with Gasteiger partial charge in [-0.1, -0.05) is 48.5 Å². The number of carbonyl (C=O) groups excluding carboxylic acids is 1. The monoisotopic (exact) mass is 479 g/mol. The molecule has 1 N–H and O–H groups in total. The molecule has 0 aliphatic heterocycles. The van der Waals surface area contributed by atoms with Gasteiger partial charge < -0.3 is 5.32 Å². The van der Waals surface area contributed by atoms with Gasteiger partial charge in [0.1, 0.15) is 11.1 Å². The van der Waals surface area contributed by atoms with E-state index in [2.05, 4.69) is 65.1 Å². The molecule has 162 valence electrons. The topological polar surface area (TPSA) is 83.1 Å². The van der Waals surface area contributed by atoms with Crippen LogP contribution >= 0.6 is 34.4 Å². The van der Waals surface area contributed by atoms with Crippen LogP contribution in [0.15, 0.2) is 34.8 Å². The molecule has 3 heterocycles. The van der Waals surface area contributed by atoms with Crippen molar-refractivity contribution in [3.63, 3.8) is 0 Å². The molecular formula is C23H21N5OS3. The number of nitriles is 1. The molecule has 0 saturated carbocycles. The van der Waals surface area contributed by atoms with Crippen LogP contribution < -0.4 is 5.32 Å². The fourth-order valence-corrected chi connectivity index (χ4v) is 6.98. The van der Waals surface area contributed by atoms with Crippen molar-refractivity contribution in [2.45, 2.75) is 38.3 Å². The minimum Gasteiger partial charge on any atom is -0.316 e. The van der Waals surface area contributed by atoms with Crippen molar-refractivity contribution in [1.82, 2.24) is 14.6 Å². The van der Waals surface area contributed by atoms with Gasteiger partial charge in [0.25, 0.3) is 0 Å². The quantitative estimate of drug-likeness (QED) is 0.379. The van der Waals surface area contributed by atoms with Crippen molar-refractivity contribution in [3.8, 4) is 17.3 Å². The smallest absolute Gasteiger partial charge is 0.235 e. The van der Waals surface area contributed by atoms with Crippen LogP contribution in [0.1, 0.15) is 34.9 Å². The zero-order valence-corrected chi connectivity index (χ0v) is 20.2. The van der Waals surface area contributed by atoms with Gasteiger partial charge in [0.15, 0.2) is 5.16 Å². The van der Waals surface area contributed by atoms with Gasteiger partial charge in [-0.3, -0.25) is 9.20 Å². The largest absolute Gasteiger partial charge is 0.316 e. The van der Waals surface area contributed by atoms with Gasteiger partial charge in [0.05, 0.1) is 17.0 Å². The van der Waals surface area contributed by atoms with E-state index < -0.39 is 0 Å². The maximum absolute atomic E-state index is 12.7. The molecule has 6 nitrogen and oxygen atoms in total. The summed E-state index contributed by atoms with van der Waals surface area (Å²) in [6.07, 6.45) is 2.99. The molecule has 0 radical (unpaired) electrons. The number of hydrogen-bond donors (Lipinski definition) is 1. The van der Waals surface area contributed by atoms with Crippen LogP contribution in [0.3, 0.4) is 0 Å². The molecule has 3 aromatic heterocycles. The predicted molar refractivity (Wildman–Crippen MR) is 131 cm³/mol. The molecule has 1 amide bonds. The van der Waals surface area contributed by atoms with Gasteiger partial charge in [-0.15, -0.1) is 32.9 Å². The summed E-state index contributed by atoms with van der Waals surface area (Å²) < 4.78 is 2.00. The lowest BCUT2D eigenvalue weighted by atomic mass is 9.89. The Morgan fingerprint density at radius 2 is 2.16 bits per heavy atom. The Labute approximate surface area is 198 Å². The number of fused-ring (bicyclic) bond motifs is 2. The second-order valence-electron chi connectivity index (χ2n) is 8.09. The number of nitrogens with one attached hydrogen (secondary N) is 1. The fraction of sp³-hybridized carbons (Fsp3) is 0.304. The number of benzene rings is 1. The van der Waals surface area contributed by atoms with E-state index in [0.717, 1.165) is 41.0 Å². The number of aryl methyl sites for hydroxylation is 1. The van der Waals surface area contributed by atoms with E-state index >= 15 is 0 Å². The van der Waals surface area contributed by atoms with Gasteiger partial charge in [0, 0.05) is 10.3 Å². The Kier molecular flexibility index (Phi) is 5.76. The predicted octanol–water partition coefficient (Wildman–Crippen LogP) is 5.56. The molecule has 4 aromatic rings. The molecule has 0 spiro atoms. The van der Waals surface area contributed by atoms with E-state index in [1.807, 2.05) is 4.40 Å². The molecule has 1 aliphatic rings. The molecule has 0 saturated heterocycles. The number of carbonyl (C=O) groups is 1. The summed E-state index contributed by atoms with van der Waals surface area (Å²) in [5.74, 6) is 0.686. The molecule has 0 bridgehead atoms. The Morgan fingerprint density at radius 3 is 2.94 bits per heavy atom. The fourth-order valence-electron chi connectivity index (χ4n) is 3.97. The minimum atomic E-state index is -0.137. The van der Waals surface area contributed by atoms with Crippen LogP contribution in [-0.4, -0.2) is 26.3 Å². The summed E-state index contributed by atoms with van der Waals surface area (Å²) in [5, 5.41) is 24.6. The van der Waals surface area contributed by atoms with Crippen LogP contribution in [0.2, 0.25) is 0 Å². The third kappa shape index (κ3) is 3.94. The first-order valence-electron chi connectivity index (χ1n) is 10.4. The van der Waals surface area contributed by atoms with Crippen molar-refractivity contribution in [2.24, 2.45) is 5.92 Å². The average Bonchev–Trinajstić information content (AvgIpc) is 3.46. The maximum atomic E-state index is 12.7. The third-order valence-corrected chi connectivity index (χ3v) is 8.59. The van der Waals surface area contributed by atoms with Crippen molar-refractivity contribution >= 4 is 50.3 Å². The lowest BCUT2D eigenvalue weighted by molar-refractivity contribution is -0.113. The zero-order chi connectivity index (χ0) is 22.2. The van der Waals surface area contributed by atoms with E-state index in [4.69, 9.17) is 0 Å². The third-order valence-electron chi connectivity index (χ3n) is 5.68. The van der Waals surface area contributed by atoms with Crippen LogP contribution in [0.4, 0.5) is 5.00 Å². The number of rotatable bonds is 5. The molecule has 32 heavy (non-hydrogen) atoms. The normalized spacial score (nSPS) is 15.5. The highest BCUT2D eigenvalue weighted by Crippen LogP contribution is 2.39. The number of hydrogen-bond acceptors (Lipinski definition) is 7. The van der Waals surface area contributed by atoms with Crippen LogP contribution in [-0.2, 0) is 17.6 Å². The first-order valence-corrected chi connectivity index (χ1v) is 13.1. The second kappa shape index (κ2) is 8.70. The number of aromatic nitrogens is 3. The first-order chi connectivity index (χ1) is 15.5. The Morgan fingerprint density at radius 1 is 1.34 bits per heavy atom. The number of thiophene rings is 1. The summed E-state index contributed by atoms with van der Waals surface area (Å²) in [7, 11) is 0. The highest BCUT2D eigenvalue weighted by atomic mass is 32.2. The highest BCUT2D eigenvalue weighted by Gasteiger charge is 2.25. The van der Waals surface area contributed by atoms with Crippen molar-refractivity contribution < 1.29 is 4.79 Å². The summed E-state index contributed by atoms with van der Waals surface area (Å²) in [6.45, 7) is 4.30. The number of thioether (sulfide) groups is 1. The summed E-state index contributed by atoms with van der Waals surface area (Å²) in [6, 6.07) is 10.6. The van der Waals surface area contributed by atoms with Crippen LogP contribution in [0, 0.1) is 24.2 Å². The molecule has 1 aliphatic carbocycles. The standard InChI is InChI=1S/C23H21N5OS3/c1-13-3-6-15(7-4-13)18-11-30-22-26-27-23(28(18)22)31-12-20(29)25-21-17(10-24)16-8-5-14(2)9-19(16)32-21/h3-4,6-7,11,14H,5,8-9,12H2,1-2H3,(H,25,29)/t14-/m1/s1. The van der Waals surface area contributed by atoms with E-state index in [0.29, 0.717) is 21.6 Å². The van der Waals surface area contributed by atoms with E-state index in [9.17, 15) is 10.1 Å². The second-order valence-corrected chi connectivity index (χ2v) is 11.0. The number of nitrogens with zero attached hydrogens (tertiary/aromatic N) is 4. The Bertz CT molecular complexity index is 1340. The van der Waals surface area contributed by atoms with E-state index in [-0.39, 0.29) is 11.7 Å². The first kappa shape index (κ1) is 21.2. The van der Waals surface area contributed by atoms with Gasteiger partial charge in [-0.2, -0.15) is 5.26 Å². The minimum absolute atomic E-state index is 0.137. The lowest BCUT2D eigenvalue weighted by Crippen LogP contribution is -2.14. The Balaban J connectivity index is 1.33. The van der Waals surface area contributed by atoms with E-state index in [1.165, 1.54) is 33.5 Å². The molecular weight excluding hydrogens is 458 g/mol. The van der Waals surface area contributed by atoms with Crippen LogP contribution in [0.25, 0.3) is 16.2 Å². The Hall–Kier alpha value is -2.67.